The van der Waals surface area contributed by atoms with Crippen LogP contribution in [-0.4, -0.2) is 44.6 Å². The highest BCUT2D eigenvalue weighted by Crippen LogP contribution is 2.27. The van der Waals surface area contributed by atoms with E-state index in [1.807, 2.05) is 6.92 Å². The Morgan fingerprint density at radius 2 is 1.96 bits per heavy atom. The van der Waals surface area contributed by atoms with Crippen molar-refractivity contribution < 1.29 is 27.9 Å². The Kier molecular flexibility index (Phi) is 7.20. The van der Waals surface area contributed by atoms with E-state index >= 15 is 0 Å². The van der Waals surface area contributed by atoms with E-state index in [-0.39, 0.29) is 28.7 Å². The molecule has 1 aromatic carbocycles. The van der Waals surface area contributed by atoms with E-state index < -0.39 is 27.9 Å². The molecule has 1 aromatic rings. The topological polar surface area (TPSA) is 122 Å². The zero-order chi connectivity index (χ0) is 20.0. The van der Waals surface area contributed by atoms with Gasteiger partial charge in [0.2, 0.25) is 10.0 Å². The van der Waals surface area contributed by atoms with Crippen LogP contribution in [0.3, 0.4) is 0 Å². The quantitative estimate of drug-likeness (QED) is 0.584. The zero-order valence-corrected chi connectivity index (χ0v) is 16.3. The second kappa shape index (κ2) is 9.18. The SMILES string of the molecule is CCCC(NC(=O)c1ccc(OC)c(S(=O)(=O)NC2CCCC2)c1)C(=O)O. The summed E-state index contributed by atoms with van der Waals surface area (Å²) in [5.41, 5.74) is 0.0601. The minimum absolute atomic E-state index is 0.0601. The van der Waals surface area contributed by atoms with Crippen molar-refractivity contribution in [2.75, 3.05) is 7.11 Å². The maximum atomic E-state index is 12.8. The molecule has 1 amide bonds. The number of sulfonamides is 1. The van der Waals surface area contributed by atoms with Gasteiger partial charge in [0.1, 0.15) is 16.7 Å². The van der Waals surface area contributed by atoms with Crippen LogP contribution in [-0.2, 0) is 14.8 Å². The van der Waals surface area contributed by atoms with Gasteiger partial charge in [-0.3, -0.25) is 4.79 Å². The molecule has 0 spiro atoms. The molecule has 1 unspecified atom stereocenters. The summed E-state index contributed by atoms with van der Waals surface area (Å²) < 4.78 is 33.3. The Balaban J connectivity index is 2.28. The fourth-order valence-electron chi connectivity index (χ4n) is 3.14. The number of carbonyl (C=O) groups excluding carboxylic acids is 1. The minimum atomic E-state index is -3.87. The average molecular weight is 398 g/mol. The normalized spacial score (nSPS) is 16.1. The third kappa shape index (κ3) is 5.43. The molecule has 3 N–H and O–H groups in total. The third-order valence-electron chi connectivity index (χ3n) is 4.57. The lowest BCUT2D eigenvalue weighted by atomic mass is 10.1. The van der Waals surface area contributed by atoms with Crippen molar-refractivity contribution in [3.05, 3.63) is 23.8 Å². The van der Waals surface area contributed by atoms with Gasteiger partial charge in [0, 0.05) is 11.6 Å². The second-order valence-corrected chi connectivity index (χ2v) is 8.30. The Morgan fingerprint density at radius 1 is 1.30 bits per heavy atom. The lowest BCUT2D eigenvalue weighted by molar-refractivity contribution is -0.139. The van der Waals surface area contributed by atoms with E-state index in [1.165, 1.54) is 25.3 Å². The number of carbonyl (C=O) groups is 2. The largest absolute Gasteiger partial charge is 0.495 e. The summed E-state index contributed by atoms with van der Waals surface area (Å²) in [7, 11) is -2.52. The van der Waals surface area contributed by atoms with Gasteiger partial charge in [-0.05, 0) is 37.5 Å². The maximum absolute atomic E-state index is 12.8. The van der Waals surface area contributed by atoms with Crippen molar-refractivity contribution in [1.29, 1.82) is 0 Å². The fraction of sp³-hybridized carbons (Fsp3) is 0.556. The van der Waals surface area contributed by atoms with Crippen molar-refractivity contribution in [3.8, 4) is 5.75 Å². The molecule has 9 heteroatoms. The molecule has 1 aliphatic rings. The predicted molar refractivity (Wildman–Crippen MR) is 99.4 cm³/mol. The van der Waals surface area contributed by atoms with Crippen molar-refractivity contribution >= 4 is 21.9 Å². The molecule has 27 heavy (non-hydrogen) atoms. The van der Waals surface area contributed by atoms with Crippen LogP contribution < -0.4 is 14.8 Å². The molecule has 1 aliphatic carbocycles. The monoisotopic (exact) mass is 398 g/mol. The van der Waals surface area contributed by atoms with Crippen LogP contribution in [0.4, 0.5) is 0 Å². The summed E-state index contributed by atoms with van der Waals surface area (Å²) >= 11 is 0. The van der Waals surface area contributed by atoms with Gasteiger partial charge in [-0.2, -0.15) is 0 Å². The van der Waals surface area contributed by atoms with Gasteiger partial charge in [0.15, 0.2) is 0 Å². The molecule has 0 aromatic heterocycles. The minimum Gasteiger partial charge on any atom is -0.495 e. The highest BCUT2D eigenvalue weighted by Gasteiger charge is 2.27. The van der Waals surface area contributed by atoms with Gasteiger partial charge in [-0.25, -0.2) is 17.9 Å². The van der Waals surface area contributed by atoms with Gasteiger partial charge in [-0.1, -0.05) is 26.2 Å². The Bertz CT molecular complexity index is 787. The summed E-state index contributed by atoms with van der Waals surface area (Å²) in [6.07, 6.45) is 4.37. The highest BCUT2D eigenvalue weighted by atomic mass is 32.2. The van der Waals surface area contributed by atoms with Gasteiger partial charge >= 0.3 is 5.97 Å². The second-order valence-electron chi connectivity index (χ2n) is 6.62. The Morgan fingerprint density at radius 3 is 2.52 bits per heavy atom. The molecule has 0 aliphatic heterocycles. The van der Waals surface area contributed by atoms with Gasteiger partial charge < -0.3 is 15.2 Å². The Hall–Kier alpha value is -2.13. The number of hydrogen-bond donors (Lipinski definition) is 3. The summed E-state index contributed by atoms with van der Waals surface area (Å²) in [6, 6.07) is 2.87. The standard InChI is InChI=1S/C18H26N2O6S/c1-3-6-14(18(22)23)19-17(21)12-9-10-15(26-2)16(11-12)27(24,25)20-13-7-4-5-8-13/h9-11,13-14,20H,3-8H2,1-2H3,(H,19,21)(H,22,23). The number of ether oxygens (including phenoxy) is 1. The maximum Gasteiger partial charge on any atom is 0.326 e. The van der Waals surface area contributed by atoms with Crippen molar-refractivity contribution in [3.63, 3.8) is 0 Å². The van der Waals surface area contributed by atoms with E-state index in [2.05, 4.69) is 10.0 Å². The first kappa shape index (κ1) is 21.2. The molecule has 0 saturated heterocycles. The molecule has 8 nitrogen and oxygen atoms in total. The van der Waals surface area contributed by atoms with Gasteiger partial charge in [0.05, 0.1) is 7.11 Å². The van der Waals surface area contributed by atoms with Crippen LogP contribution in [0.2, 0.25) is 0 Å². The molecule has 150 valence electrons. The van der Waals surface area contributed by atoms with Crippen LogP contribution in [0.25, 0.3) is 0 Å². The molecular weight excluding hydrogens is 372 g/mol. The van der Waals surface area contributed by atoms with Crippen LogP contribution in [0.1, 0.15) is 55.8 Å². The number of amides is 1. The van der Waals surface area contributed by atoms with Crippen LogP contribution >= 0.6 is 0 Å². The van der Waals surface area contributed by atoms with E-state index in [0.29, 0.717) is 6.42 Å². The first-order chi connectivity index (χ1) is 12.8. The summed E-state index contributed by atoms with van der Waals surface area (Å²) in [4.78, 5) is 23.5. The van der Waals surface area contributed by atoms with Crippen LogP contribution in [0, 0.1) is 0 Å². The Labute approximate surface area is 159 Å². The molecule has 1 atom stereocenters. The molecule has 0 heterocycles. The summed E-state index contributed by atoms with van der Waals surface area (Å²) in [6.45, 7) is 1.81. The van der Waals surface area contributed by atoms with E-state index in [4.69, 9.17) is 4.74 Å². The molecule has 1 fully saturated rings. The molecular formula is C18H26N2O6S. The fourth-order valence-corrected chi connectivity index (χ4v) is 4.64. The number of carboxylic acid groups (broad SMARTS) is 1. The number of methoxy groups -OCH3 is 1. The van der Waals surface area contributed by atoms with Crippen molar-refractivity contribution in [2.24, 2.45) is 0 Å². The van der Waals surface area contributed by atoms with Crippen molar-refractivity contribution in [1.82, 2.24) is 10.0 Å². The highest BCUT2D eigenvalue weighted by molar-refractivity contribution is 7.89. The van der Waals surface area contributed by atoms with Crippen LogP contribution in [0.15, 0.2) is 23.1 Å². The lowest BCUT2D eigenvalue weighted by Gasteiger charge is -2.17. The molecule has 2 rings (SSSR count). The summed E-state index contributed by atoms with van der Waals surface area (Å²) in [5, 5.41) is 11.6. The van der Waals surface area contributed by atoms with Crippen LogP contribution in [0.5, 0.6) is 5.75 Å². The molecule has 1 saturated carbocycles. The van der Waals surface area contributed by atoms with Gasteiger partial charge in [0.25, 0.3) is 5.91 Å². The molecule has 0 radical (unpaired) electrons. The van der Waals surface area contributed by atoms with E-state index in [9.17, 15) is 23.1 Å². The predicted octanol–water partition coefficient (Wildman–Crippen LogP) is 1.90. The third-order valence-corrected chi connectivity index (χ3v) is 6.11. The zero-order valence-electron chi connectivity index (χ0n) is 15.5. The average Bonchev–Trinajstić information content (AvgIpc) is 3.12. The lowest BCUT2D eigenvalue weighted by Crippen LogP contribution is -2.40. The summed E-state index contributed by atoms with van der Waals surface area (Å²) in [5.74, 6) is -1.65. The number of carboxylic acids is 1. The van der Waals surface area contributed by atoms with E-state index in [1.54, 1.807) is 0 Å². The number of aliphatic carboxylic acids is 1. The number of nitrogens with one attached hydrogen (secondary N) is 2. The number of rotatable bonds is 9. The van der Waals surface area contributed by atoms with Gasteiger partial charge in [-0.15, -0.1) is 0 Å². The number of benzene rings is 1. The van der Waals surface area contributed by atoms with E-state index in [0.717, 1.165) is 25.7 Å². The number of hydrogen-bond acceptors (Lipinski definition) is 5. The molecule has 0 bridgehead atoms. The van der Waals surface area contributed by atoms with Crippen molar-refractivity contribution in [2.45, 2.75) is 62.4 Å². The first-order valence-corrected chi connectivity index (χ1v) is 10.5. The first-order valence-electron chi connectivity index (χ1n) is 9.02. The smallest absolute Gasteiger partial charge is 0.326 e.